The summed E-state index contributed by atoms with van der Waals surface area (Å²) in [4.78, 5) is 18.3. The number of aliphatic hydroxyl groups is 1. The minimum Gasteiger partial charge on any atom is -0.386 e. The standard InChI is InChI=1S/C15H19N3O2/c1-2-6-15(20)10-18(11-15)14(19)8-12-9-17-7-4-3-5-13(17)16-12/h3-5,7,9,20H,2,6,8,10-11H2,1H3. The Bertz CT molecular complexity index is 596. The molecule has 1 amide bonds. The van der Waals surface area contributed by atoms with Gasteiger partial charge in [-0.15, -0.1) is 0 Å². The number of nitrogens with zero attached hydrogens (tertiary/aromatic N) is 3. The molecule has 3 rings (SSSR count). The molecule has 1 aliphatic heterocycles. The van der Waals surface area contributed by atoms with Crippen molar-refractivity contribution < 1.29 is 9.90 Å². The molecule has 2 aromatic heterocycles. The number of hydrogen-bond acceptors (Lipinski definition) is 3. The molecule has 0 radical (unpaired) electrons. The molecule has 0 aromatic carbocycles. The van der Waals surface area contributed by atoms with E-state index >= 15 is 0 Å². The van der Waals surface area contributed by atoms with E-state index in [2.05, 4.69) is 4.98 Å². The number of carbonyl (C=O) groups excluding carboxylic acids is 1. The fourth-order valence-corrected chi connectivity index (χ4v) is 2.80. The van der Waals surface area contributed by atoms with Crippen molar-refractivity contribution in [1.29, 1.82) is 0 Å². The summed E-state index contributed by atoms with van der Waals surface area (Å²) in [7, 11) is 0. The molecule has 0 unspecified atom stereocenters. The van der Waals surface area contributed by atoms with Crippen LogP contribution < -0.4 is 0 Å². The van der Waals surface area contributed by atoms with Gasteiger partial charge in [0.25, 0.3) is 0 Å². The molecule has 0 aliphatic carbocycles. The molecule has 20 heavy (non-hydrogen) atoms. The van der Waals surface area contributed by atoms with Crippen molar-refractivity contribution in [2.75, 3.05) is 13.1 Å². The van der Waals surface area contributed by atoms with Crippen LogP contribution in [0.1, 0.15) is 25.5 Å². The first-order valence-corrected chi connectivity index (χ1v) is 7.02. The maximum absolute atomic E-state index is 12.1. The molecule has 1 fully saturated rings. The molecular weight excluding hydrogens is 254 g/mol. The van der Waals surface area contributed by atoms with Crippen LogP contribution in [0.4, 0.5) is 0 Å². The fraction of sp³-hybridized carbons (Fsp3) is 0.467. The van der Waals surface area contributed by atoms with Crippen molar-refractivity contribution in [3.05, 3.63) is 36.3 Å². The van der Waals surface area contributed by atoms with Crippen LogP contribution in [0.5, 0.6) is 0 Å². The van der Waals surface area contributed by atoms with Crippen LogP contribution >= 0.6 is 0 Å². The summed E-state index contributed by atoms with van der Waals surface area (Å²) >= 11 is 0. The first kappa shape index (κ1) is 13.1. The van der Waals surface area contributed by atoms with Gasteiger partial charge in [0.15, 0.2) is 0 Å². The van der Waals surface area contributed by atoms with Crippen molar-refractivity contribution in [1.82, 2.24) is 14.3 Å². The lowest BCUT2D eigenvalue weighted by Gasteiger charge is -2.46. The van der Waals surface area contributed by atoms with Crippen LogP contribution in [0.3, 0.4) is 0 Å². The molecule has 5 heteroatoms. The Morgan fingerprint density at radius 2 is 2.25 bits per heavy atom. The van der Waals surface area contributed by atoms with Gasteiger partial charge in [0.2, 0.25) is 5.91 Å². The zero-order valence-corrected chi connectivity index (χ0v) is 11.6. The number of hydrogen-bond donors (Lipinski definition) is 1. The maximum Gasteiger partial charge on any atom is 0.228 e. The van der Waals surface area contributed by atoms with Gasteiger partial charge in [0.05, 0.1) is 30.8 Å². The third kappa shape index (κ3) is 2.41. The summed E-state index contributed by atoms with van der Waals surface area (Å²) in [5.41, 5.74) is 0.956. The Hall–Kier alpha value is -1.88. The minimum absolute atomic E-state index is 0.0363. The molecule has 106 valence electrons. The summed E-state index contributed by atoms with van der Waals surface area (Å²) in [6.07, 6.45) is 5.78. The Morgan fingerprint density at radius 3 is 2.95 bits per heavy atom. The number of likely N-dealkylation sites (tertiary alicyclic amines) is 1. The summed E-state index contributed by atoms with van der Waals surface area (Å²) in [5, 5.41) is 10.1. The lowest BCUT2D eigenvalue weighted by molar-refractivity contribution is -0.155. The second-order valence-electron chi connectivity index (χ2n) is 5.60. The van der Waals surface area contributed by atoms with E-state index in [0.717, 1.165) is 24.2 Å². The highest BCUT2D eigenvalue weighted by Gasteiger charge is 2.42. The highest BCUT2D eigenvalue weighted by atomic mass is 16.3. The number of rotatable bonds is 4. The topological polar surface area (TPSA) is 57.8 Å². The van der Waals surface area contributed by atoms with E-state index in [9.17, 15) is 9.90 Å². The molecule has 1 aliphatic rings. The summed E-state index contributed by atoms with van der Waals surface area (Å²) in [6.45, 7) is 2.94. The quantitative estimate of drug-likeness (QED) is 0.912. The summed E-state index contributed by atoms with van der Waals surface area (Å²) in [6, 6.07) is 5.77. The number of fused-ring (bicyclic) bond motifs is 1. The van der Waals surface area contributed by atoms with E-state index < -0.39 is 5.60 Å². The van der Waals surface area contributed by atoms with Crippen LogP contribution in [-0.2, 0) is 11.2 Å². The van der Waals surface area contributed by atoms with Crippen molar-refractivity contribution in [2.45, 2.75) is 31.8 Å². The molecule has 3 heterocycles. The lowest BCUT2D eigenvalue weighted by Crippen LogP contribution is -2.63. The Labute approximate surface area is 117 Å². The first-order chi connectivity index (χ1) is 9.59. The van der Waals surface area contributed by atoms with Gasteiger partial charge in [-0.3, -0.25) is 4.79 Å². The molecule has 0 atom stereocenters. The van der Waals surface area contributed by atoms with Gasteiger partial charge >= 0.3 is 0 Å². The molecule has 2 aromatic rings. The molecule has 0 bridgehead atoms. The molecular formula is C15H19N3O2. The lowest BCUT2D eigenvalue weighted by atomic mass is 9.89. The highest BCUT2D eigenvalue weighted by Crippen LogP contribution is 2.26. The Kier molecular flexibility index (Phi) is 3.22. The van der Waals surface area contributed by atoms with E-state index in [4.69, 9.17) is 0 Å². The van der Waals surface area contributed by atoms with E-state index in [1.165, 1.54) is 0 Å². The molecule has 0 saturated carbocycles. The zero-order chi connectivity index (χ0) is 14.2. The van der Waals surface area contributed by atoms with Gasteiger partial charge in [-0.1, -0.05) is 19.4 Å². The SMILES string of the molecule is CCCC1(O)CN(C(=O)Cc2cn3ccccc3n2)C1. The Balaban J connectivity index is 1.62. The van der Waals surface area contributed by atoms with Crippen LogP contribution in [0.25, 0.3) is 5.65 Å². The van der Waals surface area contributed by atoms with Gasteiger partial charge in [-0.05, 0) is 18.6 Å². The largest absolute Gasteiger partial charge is 0.386 e. The van der Waals surface area contributed by atoms with Gasteiger partial charge < -0.3 is 14.4 Å². The average molecular weight is 273 g/mol. The van der Waals surface area contributed by atoms with Crippen molar-refractivity contribution in [2.24, 2.45) is 0 Å². The van der Waals surface area contributed by atoms with Crippen LogP contribution in [-0.4, -0.2) is 44.0 Å². The number of imidazole rings is 1. The second-order valence-corrected chi connectivity index (χ2v) is 5.60. The third-order valence-electron chi connectivity index (χ3n) is 3.78. The second kappa shape index (κ2) is 4.90. The first-order valence-electron chi connectivity index (χ1n) is 7.02. The van der Waals surface area contributed by atoms with Crippen molar-refractivity contribution in [3.63, 3.8) is 0 Å². The van der Waals surface area contributed by atoms with Crippen LogP contribution in [0.2, 0.25) is 0 Å². The van der Waals surface area contributed by atoms with Gasteiger partial charge in [-0.25, -0.2) is 4.98 Å². The minimum atomic E-state index is -0.663. The summed E-state index contributed by atoms with van der Waals surface area (Å²) < 4.78 is 1.91. The van der Waals surface area contributed by atoms with E-state index in [-0.39, 0.29) is 5.91 Å². The number of carbonyl (C=O) groups is 1. The van der Waals surface area contributed by atoms with Gasteiger partial charge in [0.1, 0.15) is 5.65 Å². The van der Waals surface area contributed by atoms with Crippen LogP contribution in [0.15, 0.2) is 30.6 Å². The third-order valence-corrected chi connectivity index (χ3v) is 3.78. The van der Waals surface area contributed by atoms with Crippen molar-refractivity contribution in [3.8, 4) is 0 Å². The molecule has 0 spiro atoms. The molecule has 1 N–H and O–H groups in total. The van der Waals surface area contributed by atoms with Gasteiger partial charge in [-0.2, -0.15) is 0 Å². The molecule has 5 nitrogen and oxygen atoms in total. The van der Waals surface area contributed by atoms with E-state index in [0.29, 0.717) is 19.5 Å². The smallest absolute Gasteiger partial charge is 0.228 e. The maximum atomic E-state index is 12.1. The van der Waals surface area contributed by atoms with E-state index in [1.54, 1.807) is 4.90 Å². The fourth-order valence-electron chi connectivity index (χ4n) is 2.80. The number of pyridine rings is 1. The predicted molar refractivity (Wildman–Crippen MR) is 75.3 cm³/mol. The van der Waals surface area contributed by atoms with E-state index in [1.807, 2.05) is 41.9 Å². The summed E-state index contributed by atoms with van der Waals surface area (Å²) in [5.74, 6) is 0.0363. The molecule has 1 saturated heterocycles. The number of aromatic nitrogens is 2. The average Bonchev–Trinajstić information content (AvgIpc) is 2.78. The highest BCUT2D eigenvalue weighted by molar-refractivity contribution is 5.79. The number of β-amino-alcohol motifs (C(OH)–C–C–N with tert-alkyl or cyclic N) is 1. The normalized spacial score (nSPS) is 17.2. The predicted octanol–water partition coefficient (Wildman–Crippen LogP) is 1.25. The van der Waals surface area contributed by atoms with Crippen LogP contribution in [0, 0.1) is 0 Å². The number of amides is 1. The zero-order valence-electron chi connectivity index (χ0n) is 11.6. The Morgan fingerprint density at radius 1 is 1.45 bits per heavy atom. The van der Waals surface area contributed by atoms with Crippen molar-refractivity contribution >= 4 is 11.6 Å². The monoisotopic (exact) mass is 273 g/mol. The van der Waals surface area contributed by atoms with Gasteiger partial charge in [0, 0.05) is 12.4 Å².